The number of imide groups is 1. The lowest BCUT2D eigenvalue weighted by atomic mass is 10.1. The maximum absolute atomic E-state index is 13.1. The van der Waals surface area contributed by atoms with Gasteiger partial charge in [-0.2, -0.15) is 0 Å². The van der Waals surface area contributed by atoms with E-state index in [9.17, 15) is 14.4 Å². The van der Waals surface area contributed by atoms with Crippen molar-refractivity contribution in [3.05, 3.63) is 58.6 Å². The van der Waals surface area contributed by atoms with Crippen LogP contribution in [0.4, 0.5) is 5.69 Å². The van der Waals surface area contributed by atoms with Crippen molar-refractivity contribution in [1.82, 2.24) is 4.90 Å². The van der Waals surface area contributed by atoms with Crippen molar-refractivity contribution in [1.29, 1.82) is 0 Å². The first kappa shape index (κ1) is 18.7. The number of hydrogen-bond donors (Lipinski definition) is 0. The van der Waals surface area contributed by atoms with Gasteiger partial charge in [0.1, 0.15) is 11.8 Å². The van der Waals surface area contributed by atoms with E-state index in [1.54, 1.807) is 60.5 Å². The van der Waals surface area contributed by atoms with Gasteiger partial charge < -0.3 is 9.64 Å². The molecule has 1 saturated heterocycles. The monoisotopic (exact) mass is 442 g/mol. The normalized spacial score (nSPS) is 19.1. The van der Waals surface area contributed by atoms with Crippen LogP contribution in [0.2, 0.25) is 0 Å². The molecular formula is C21H19BrN2O4. The zero-order valence-electron chi connectivity index (χ0n) is 15.3. The number of hydrogen-bond acceptors (Lipinski definition) is 4. The topological polar surface area (TPSA) is 66.9 Å². The van der Waals surface area contributed by atoms with E-state index < -0.39 is 6.04 Å². The van der Waals surface area contributed by atoms with Crippen LogP contribution >= 0.6 is 15.9 Å². The molecule has 2 aliphatic rings. The van der Waals surface area contributed by atoms with Gasteiger partial charge >= 0.3 is 0 Å². The van der Waals surface area contributed by atoms with Gasteiger partial charge in [-0.15, -0.1) is 0 Å². The standard InChI is InChI=1S/C21H19BrN2O4/c1-28-17-10-2-13(3-11-17)20(26)23(15-8-9-15)18-12-19(25)24(21(18)27)16-6-4-14(22)5-7-16/h2-7,10-11,15,18H,8-9,12H2,1H3. The summed E-state index contributed by atoms with van der Waals surface area (Å²) in [6.07, 6.45) is 1.70. The molecule has 0 aromatic heterocycles. The number of methoxy groups -OCH3 is 1. The van der Waals surface area contributed by atoms with Gasteiger partial charge in [0.05, 0.1) is 19.2 Å². The molecule has 0 bridgehead atoms. The van der Waals surface area contributed by atoms with Crippen LogP contribution in [0.5, 0.6) is 5.75 Å². The molecule has 1 atom stereocenters. The fourth-order valence-electron chi connectivity index (χ4n) is 3.49. The Kier molecular flexibility index (Phi) is 4.93. The molecule has 1 heterocycles. The molecule has 6 nitrogen and oxygen atoms in total. The van der Waals surface area contributed by atoms with Crippen molar-refractivity contribution in [2.45, 2.75) is 31.3 Å². The molecule has 1 unspecified atom stereocenters. The van der Waals surface area contributed by atoms with Crippen LogP contribution in [0.3, 0.4) is 0 Å². The molecule has 3 amide bonds. The minimum Gasteiger partial charge on any atom is -0.497 e. The molecule has 4 rings (SSSR count). The number of carbonyl (C=O) groups excluding carboxylic acids is 3. The van der Waals surface area contributed by atoms with Crippen molar-refractivity contribution in [3.63, 3.8) is 0 Å². The average molecular weight is 443 g/mol. The largest absolute Gasteiger partial charge is 0.497 e. The first-order chi connectivity index (χ1) is 13.5. The molecule has 2 aromatic rings. The summed E-state index contributed by atoms with van der Waals surface area (Å²) in [4.78, 5) is 41.6. The Hall–Kier alpha value is -2.67. The number of anilines is 1. The quantitative estimate of drug-likeness (QED) is 0.665. The van der Waals surface area contributed by atoms with Crippen LogP contribution in [0.15, 0.2) is 53.0 Å². The van der Waals surface area contributed by atoms with Crippen LogP contribution in [0.1, 0.15) is 29.6 Å². The van der Waals surface area contributed by atoms with Gasteiger partial charge in [-0.25, -0.2) is 4.90 Å². The van der Waals surface area contributed by atoms with Crippen LogP contribution in [0, 0.1) is 0 Å². The highest BCUT2D eigenvalue weighted by Gasteiger charge is 2.48. The lowest BCUT2D eigenvalue weighted by Gasteiger charge is -2.27. The summed E-state index contributed by atoms with van der Waals surface area (Å²) in [7, 11) is 1.56. The van der Waals surface area contributed by atoms with Crippen LogP contribution in [-0.4, -0.2) is 41.8 Å². The van der Waals surface area contributed by atoms with Crippen LogP contribution < -0.4 is 9.64 Å². The third-order valence-electron chi connectivity index (χ3n) is 5.06. The van der Waals surface area contributed by atoms with Crippen LogP contribution in [0.25, 0.3) is 0 Å². The van der Waals surface area contributed by atoms with Gasteiger partial charge in [-0.05, 0) is 61.4 Å². The fraction of sp³-hybridized carbons (Fsp3) is 0.286. The van der Waals surface area contributed by atoms with Gasteiger partial charge in [-0.1, -0.05) is 15.9 Å². The van der Waals surface area contributed by atoms with E-state index in [1.165, 1.54) is 4.90 Å². The minimum atomic E-state index is -0.766. The summed E-state index contributed by atoms with van der Waals surface area (Å²) in [5.74, 6) is -0.205. The molecule has 28 heavy (non-hydrogen) atoms. The zero-order valence-corrected chi connectivity index (χ0v) is 16.9. The SMILES string of the molecule is COc1ccc(C(=O)N(C2CC2)C2CC(=O)N(c3ccc(Br)cc3)C2=O)cc1. The van der Waals surface area contributed by atoms with Gasteiger partial charge in [0, 0.05) is 16.1 Å². The number of benzene rings is 2. The molecule has 2 fully saturated rings. The first-order valence-electron chi connectivity index (χ1n) is 9.08. The Labute approximate surface area is 171 Å². The minimum absolute atomic E-state index is 0.00113. The van der Waals surface area contributed by atoms with E-state index in [2.05, 4.69) is 15.9 Å². The second-order valence-corrected chi connectivity index (χ2v) is 7.85. The zero-order chi connectivity index (χ0) is 19.8. The predicted octanol–water partition coefficient (Wildman–Crippen LogP) is 3.39. The van der Waals surface area contributed by atoms with Gasteiger partial charge in [0.2, 0.25) is 5.91 Å². The smallest absolute Gasteiger partial charge is 0.257 e. The molecule has 144 valence electrons. The average Bonchev–Trinajstić information content (AvgIpc) is 3.49. The lowest BCUT2D eigenvalue weighted by molar-refractivity contribution is -0.122. The summed E-state index contributed by atoms with van der Waals surface area (Å²) < 4.78 is 6.00. The molecule has 2 aromatic carbocycles. The van der Waals surface area contributed by atoms with E-state index >= 15 is 0 Å². The molecular weight excluding hydrogens is 424 g/mol. The Morgan fingerprint density at radius 2 is 1.71 bits per heavy atom. The first-order valence-corrected chi connectivity index (χ1v) is 9.88. The third kappa shape index (κ3) is 3.42. The molecule has 1 aliphatic heterocycles. The van der Waals surface area contributed by atoms with E-state index in [0.717, 1.165) is 17.3 Å². The summed E-state index contributed by atoms with van der Waals surface area (Å²) in [6.45, 7) is 0. The number of amides is 3. The summed E-state index contributed by atoms with van der Waals surface area (Å²) in [6, 6.07) is 13.0. The fourth-order valence-corrected chi connectivity index (χ4v) is 3.76. The van der Waals surface area contributed by atoms with Crippen molar-refractivity contribution in [2.24, 2.45) is 0 Å². The summed E-state index contributed by atoms with van der Waals surface area (Å²) >= 11 is 3.35. The summed E-state index contributed by atoms with van der Waals surface area (Å²) in [5, 5.41) is 0. The number of ether oxygens (including phenoxy) is 1. The molecule has 1 saturated carbocycles. The highest BCUT2D eigenvalue weighted by atomic mass is 79.9. The highest BCUT2D eigenvalue weighted by Crippen LogP contribution is 2.35. The van der Waals surface area contributed by atoms with E-state index in [1.807, 2.05) is 0 Å². The second kappa shape index (κ2) is 7.39. The Morgan fingerprint density at radius 1 is 1.07 bits per heavy atom. The van der Waals surface area contributed by atoms with Crippen LogP contribution in [-0.2, 0) is 9.59 Å². The Morgan fingerprint density at radius 3 is 2.29 bits per heavy atom. The third-order valence-corrected chi connectivity index (χ3v) is 5.58. The molecule has 0 N–H and O–H groups in total. The van der Waals surface area contributed by atoms with Crippen molar-refractivity contribution < 1.29 is 19.1 Å². The number of halogens is 1. The Bertz CT molecular complexity index is 922. The molecule has 1 aliphatic carbocycles. The number of carbonyl (C=O) groups is 3. The maximum Gasteiger partial charge on any atom is 0.257 e. The number of rotatable bonds is 5. The summed E-state index contributed by atoms with van der Waals surface area (Å²) in [5.41, 5.74) is 1.00. The molecule has 7 heteroatoms. The predicted molar refractivity (Wildman–Crippen MR) is 107 cm³/mol. The second-order valence-electron chi connectivity index (χ2n) is 6.94. The van der Waals surface area contributed by atoms with Gasteiger partial charge in [-0.3, -0.25) is 14.4 Å². The van der Waals surface area contributed by atoms with E-state index in [-0.39, 0.29) is 30.2 Å². The Balaban J connectivity index is 1.61. The van der Waals surface area contributed by atoms with Crippen molar-refractivity contribution in [3.8, 4) is 5.75 Å². The van der Waals surface area contributed by atoms with Crippen molar-refractivity contribution >= 4 is 39.3 Å². The lowest BCUT2D eigenvalue weighted by Crippen LogP contribution is -2.46. The van der Waals surface area contributed by atoms with E-state index in [0.29, 0.717) is 17.0 Å². The van der Waals surface area contributed by atoms with Crippen molar-refractivity contribution in [2.75, 3.05) is 12.0 Å². The highest BCUT2D eigenvalue weighted by molar-refractivity contribution is 9.10. The van der Waals surface area contributed by atoms with E-state index in [4.69, 9.17) is 4.74 Å². The molecule has 0 radical (unpaired) electrons. The number of nitrogens with zero attached hydrogens (tertiary/aromatic N) is 2. The maximum atomic E-state index is 13.1. The molecule has 0 spiro atoms. The van der Waals surface area contributed by atoms with Gasteiger partial charge in [0.25, 0.3) is 11.8 Å². The van der Waals surface area contributed by atoms with Gasteiger partial charge in [0.15, 0.2) is 0 Å².